The molecule has 1 atom stereocenters. The maximum Gasteiger partial charge on any atom is 0.250 e. The van der Waals surface area contributed by atoms with Crippen LogP contribution >= 0.6 is 11.3 Å². The van der Waals surface area contributed by atoms with Crippen LogP contribution in [0.25, 0.3) is 0 Å². The summed E-state index contributed by atoms with van der Waals surface area (Å²) in [7, 11) is -1.96. The third-order valence-corrected chi connectivity index (χ3v) is 5.01. The van der Waals surface area contributed by atoms with Crippen LogP contribution in [0, 0.1) is 0 Å². The fourth-order valence-electron chi connectivity index (χ4n) is 0.969. The van der Waals surface area contributed by atoms with E-state index in [9.17, 15) is 8.42 Å². The molecule has 0 aliphatic heterocycles. The molecule has 1 aromatic rings. The summed E-state index contributed by atoms with van der Waals surface area (Å²) >= 11 is 1.06. The Labute approximate surface area is 99.1 Å². The Balaban J connectivity index is 2.70. The van der Waals surface area contributed by atoms with Crippen molar-refractivity contribution in [2.75, 3.05) is 13.7 Å². The zero-order chi connectivity index (χ0) is 12.2. The lowest BCUT2D eigenvalue weighted by atomic mass is 10.4. The predicted octanol–water partition coefficient (Wildman–Crippen LogP) is 0.554. The van der Waals surface area contributed by atoms with Gasteiger partial charge in [-0.15, -0.1) is 11.3 Å². The highest BCUT2D eigenvalue weighted by Crippen LogP contribution is 2.21. The Morgan fingerprint density at radius 2 is 2.25 bits per heavy atom. The number of aliphatic hydroxyl groups excluding tert-OH is 1. The van der Waals surface area contributed by atoms with Gasteiger partial charge in [-0.25, -0.2) is 13.1 Å². The fourth-order valence-corrected chi connectivity index (χ4v) is 3.34. The normalized spacial score (nSPS) is 13.9. The summed E-state index contributed by atoms with van der Waals surface area (Å²) in [6.07, 6.45) is -0.174. The minimum atomic E-state index is -3.48. The molecule has 0 fully saturated rings. The number of hydrogen-bond acceptors (Lipinski definition) is 5. The Hall–Kier alpha value is -0.470. The minimum absolute atomic E-state index is 0.144. The second kappa shape index (κ2) is 5.74. The molecule has 0 aliphatic rings. The summed E-state index contributed by atoms with van der Waals surface area (Å²) in [6.45, 7) is 1.86. The Morgan fingerprint density at radius 3 is 2.75 bits per heavy atom. The van der Waals surface area contributed by atoms with Crippen molar-refractivity contribution in [1.82, 2.24) is 4.72 Å². The molecule has 0 saturated heterocycles. The average Bonchev–Trinajstić information content (AvgIpc) is 2.75. The number of thiophene rings is 1. The summed E-state index contributed by atoms with van der Waals surface area (Å²) in [6, 6.07) is 3.08. The number of aliphatic hydroxyl groups is 1. The third kappa shape index (κ3) is 3.53. The van der Waals surface area contributed by atoms with Crippen molar-refractivity contribution in [1.29, 1.82) is 0 Å². The summed E-state index contributed by atoms with van der Waals surface area (Å²) < 4.78 is 31.1. The summed E-state index contributed by atoms with van der Waals surface area (Å²) in [5, 5.41) is 8.85. The molecule has 0 amide bonds. The van der Waals surface area contributed by atoms with Crippen molar-refractivity contribution in [3.63, 3.8) is 0 Å². The first-order valence-corrected chi connectivity index (χ1v) is 7.01. The van der Waals surface area contributed by atoms with Gasteiger partial charge in [0.2, 0.25) is 10.0 Å². The van der Waals surface area contributed by atoms with E-state index in [0.717, 1.165) is 11.3 Å². The molecule has 0 bridgehead atoms. The van der Waals surface area contributed by atoms with E-state index in [1.54, 1.807) is 13.0 Å². The highest BCUT2D eigenvalue weighted by atomic mass is 32.2. The Morgan fingerprint density at radius 1 is 1.56 bits per heavy atom. The molecular formula is C9H15NO4S2. The number of methoxy groups -OCH3 is 1. The van der Waals surface area contributed by atoms with E-state index in [1.165, 1.54) is 13.2 Å². The largest absolute Gasteiger partial charge is 0.391 e. The van der Waals surface area contributed by atoms with E-state index in [4.69, 9.17) is 9.84 Å². The van der Waals surface area contributed by atoms with E-state index in [0.29, 0.717) is 4.88 Å². The molecule has 92 valence electrons. The van der Waals surface area contributed by atoms with Gasteiger partial charge >= 0.3 is 0 Å². The summed E-state index contributed by atoms with van der Waals surface area (Å²) in [5.74, 6) is 0. The van der Waals surface area contributed by atoms with Crippen molar-refractivity contribution in [3.8, 4) is 0 Å². The van der Waals surface area contributed by atoms with Crippen LogP contribution in [0.15, 0.2) is 16.3 Å². The minimum Gasteiger partial charge on any atom is -0.391 e. The van der Waals surface area contributed by atoms with Gasteiger partial charge in [-0.05, 0) is 19.1 Å². The average molecular weight is 265 g/mol. The SMILES string of the molecule is COC(C)CNS(=O)(=O)c1ccc(CO)s1. The molecule has 1 unspecified atom stereocenters. The van der Waals surface area contributed by atoms with Gasteiger partial charge in [-0.2, -0.15) is 0 Å². The molecule has 0 spiro atoms. The van der Waals surface area contributed by atoms with Crippen LogP contribution < -0.4 is 4.72 Å². The number of sulfonamides is 1. The van der Waals surface area contributed by atoms with Gasteiger partial charge in [0.05, 0.1) is 12.7 Å². The van der Waals surface area contributed by atoms with Crippen LogP contribution in [0.1, 0.15) is 11.8 Å². The van der Waals surface area contributed by atoms with E-state index >= 15 is 0 Å². The summed E-state index contributed by atoms with van der Waals surface area (Å²) in [4.78, 5) is 0.625. The monoisotopic (exact) mass is 265 g/mol. The van der Waals surface area contributed by atoms with Gasteiger partial charge < -0.3 is 9.84 Å². The van der Waals surface area contributed by atoms with Crippen LogP contribution in [-0.4, -0.2) is 33.3 Å². The Bertz CT molecular complexity index is 426. The van der Waals surface area contributed by atoms with Crippen LogP contribution in [0.3, 0.4) is 0 Å². The Kier molecular flexibility index (Phi) is 4.88. The summed E-state index contributed by atoms with van der Waals surface area (Å²) in [5.41, 5.74) is 0. The van der Waals surface area contributed by atoms with E-state index < -0.39 is 10.0 Å². The van der Waals surface area contributed by atoms with Gasteiger partial charge in [-0.3, -0.25) is 0 Å². The fraction of sp³-hybridized carbons (Fsp3) is 0.556. The van der Waals surface area contributed by atoms with Gasteiger partial charge in [0.1, 0.15) is 4.21 Å². The maximum absolute atomic E-state index is 11.7. The van der Waals surface area contributed by atoms with Crippen molar-refractivity contribution in [3.05, 3.63) is 17.0 Å². The van der Waals surface area contributed by atoms with E-state index in [-0.39, 0.29) is 23.5 Å². The number of ether oxygens (including phenoxy) is 1. The number of rotatable bonds is 6. The molecule has 1 rings (SSSR count). The lowest BCUT2D eigenvalue weighted by molar-refractivity contribution is 0.122. The number of nitrogens with one attached hydrogen (secondary N) is 1. The molecule has 0 radical (unpaired) electrons. The molecule has 5 nitrogen and oxygen atoms in total. The first kappa shape index (κ1) is 13.6. The maximum atomic E-state index is 11.7. The van der Waals surface area contributed by atoms with Gasteiger partial charge in [0.25, 0.3) is 0 Å². The van der Waals surface area contributed by atoms with Gasteiger partial charge in [-0.1, -0.05) is 0 Å². The van der Waals surface area contributed by atoms with E-state index in [1.807, 2.05) is 0 Å². The zero-order valence-corrected chi connectivity index (χ0v) is 10.8. The first-order valence-electron chi connectivity index (χ1n) is 4.71. The standard InChI is InChI=1S/C9H15NO4S2/c1-7(14-2)5-10-16(12,13)9-4-3-8(6-11)15-9/h3-4,7,10-11H,5-6H2,1-2H3. The van der Waals surface area contributed by atoms with Crippen molar-refractivity contribution < 1.29 is 18.3 Å². The van der Waals surface area contributed by atoms with Crippen molar-refractivity contribution in [2.45, 2.75) is 23.8 Å². The van der Waals surface area contributed by atoms with Crippen LogP contribution in [0.2, 0.25) is 0 Å². The second-order valence-electron chi connectivity index (χ2n) is 3.28. The highest BCUT2D eigenvalue weighted by Gasteiger charge is 2.17. The molecule has 0 aromatic carbocycles. The number of hydrogen-bond donors (Lipinski definition) is 2. The third-order valence-electron chi connectivity index (χ3n) is 2.02. The van der Waals surface area contributed by atoms with E-state index in [2.05, 4.69) is 4.72 Å². The second-order valence-corrected chi connectivity index (χ2v) is 6.44. The molecule has 16 heavy (non-hydrogen) atoms. The zero-order valence-electron chi connectivity index (χ0n) is 9.13. The molecular weight excluding hydrogens is 250 g/mol. The van der Waals surface area contributed by atoms with Crippen LogP contribution in [-0.2, 0) is 21.4 Å². The van der Waals surface area contributed by atoms with Crippen LogP contribution in [0.5, 0.6) is 0 Å². The molecule has 0 saturated carbocycles. The van der Waals surface area contributed by atoms with Crippen LogP contribution in [0.4, 0.5) is 0 Å². The molecule has 7 heteroatoms. The lowest BCUT2D eigenvalue weighted by Crippen LogP contribution is -2.31. The molecule has 2 N–H and O–H groups in total. The quantitative estimate of drug-likeness (QED) is 0.788. The van der Waals surface area contributed by atoms with Crippen molar-refractivity contribution >= 4 is 21.4 Å². The highest BCUT2D eigenvalue weighted by molar-refractivity contribution is 7.91. The molecule has 1 heterocycles. The molecule has 0 aliphatic carbocycles. The lowest BCUT2D eigenvalue weighted by Gasteiger charge is -2.10. The topological polar surface area (TPSA) is 75.6 Å². The van der Waals surface area contributed by atoms with Gasteiger partial charge in [0.15, 0.2) is 0 Å². The first-order chi connectivity index (χ1) is 7.49. The smallest absolute Gasteiger partial charge is 0.250 e. The predicted molar refractivity (Wildman–Crippen MR) is 61.9 cm³/mol. The van der Waals surface area contributed by atoms with Crippen molar-refractivity contribution in [2.24, 2.45) is 0 Å². The molecule has 1 aromatic heterocycles. The van der Waals surface area contributed by atoms with Gasteiger partial charge in [0, 0.05) is 18.5 Å².